The number of fused-ring (bicyclic) bond motifs is 1. The number of rotatable bonds is 1. The van der Waals surface area contributed by atoms with Gasteiger partial charge in [0, 0.05) is 23.0 Å². The molecule has 110 valence electrons. The number of imidazole rings is 1. The monoisotopic (exact) mass is 280 g/mol. The minimum atomic E-state index is 0.439. The lowest BCUT2D eigenvalue weighted by Gasteiger charge is -2.56. The van der Waals surface area contributed by atoms with Gasteiger partial charge in [0.15, 0.2) is 0 Å². The van der Waals surface area contributed by atoms with Crippen LogP contribution in [0.1, 0.15) is 55.5 Å². The molecule has 0 atom stereocenters. The Labute approximate surface area is 126 Å². The lowest BCUT2D eigenvalue weighted by Crippen LogP contribution is -2.49. The molecule has 0 N–H and O–H groups in total. The fourth-order valence-electron chi connectivity index (χ4n) is 6.28. The van der Waals surface area contributed by atoms with E-state index < -0.39 is 0 Å². The minimum Gasteiger partial charge on any atom is -0.301 e. The molecule has 0 spiro atoms. The third kappa shape index (κ3) is 1.62. The van der Waals surface area contributed by atoms with Gasteiger partial charge in [0.05, 0.1) is 0 Å². The van der Waals surface area contributed by atoms with E-state index in [1.807, 2.05) is 0 Å². The summed E-state index contributed by atoms with van der Waals surface area (Å²) in [6.45, 7) is 4.41. The Morgan fingerprint density at radius 1 is 1.00 bits per heavy atom. The summed E-state index contributed by atoms with van der Waals surface area (Å²) < 4.78 is 2.46. The molecule has 2 aromatic heterocycles. The average Bonchev–Trinajstić information content (AvgIpc) is 2.81. The van der Waals surface area contributed by atoms with E-state index >= 15 is 0 Å². The van der Waals surface area contributed by atoms with Crippen molar-refractivity contribution in [1.29, 1.82) is 0 Å². The lowest BCUT2D eigenvalue weighted by molar-refractivity contribution is -0.00763. The Morgan fingerprint density at radius 2 is 1.62 bits per heavy atom. The van der Waals surface area contributed by atoms with Crippen molar-refractivity contribution in [2.75, 3.05) is 0 Å². The summed E-state index contributed by atoms with van der Waals surface area (Å²) in [7, 11) is 0. The van der Waals surface area contributed by atoms with Gasteiger partial charge in [-0.3, -0.25) is 0 Å². The molecule has 6 rings (SSSR count). The Bertz CT molecular complexity index is 689. The highest BCUT2D eigenvalue weighted by Crippen LogP contribution is 2.60. The summed E-state index contributed by atoms with van der Waals surface area (Å²) in [6, 6.07) is 4.54. The van der Waals surface area contributed by atoms with E-state index in [0.29, 0.717) is 5.41 Å². The van der Waals surface area contributed by atoms with Crippen LogP contribution in [0, 0.1) is 31.6 Å². The second-order valence-corrected chi connectivity index (χ2v) is 8.21. The Kier molecular flexibility index (Phi) is 2.28. The van der Waals surface area contributed by atoms with Gasteiger partial charge in [0.1, 0.15) is 5.65 Å². The average molecular weight is 280 g/mol. The van der Waals surface area contributed by atoms with Crippen LogP contribution in [0.25, 0.3) is 5.65 Å². The maximum absolute atomic E-state index is 4.76. The van der Waals surface area contributed by atoms with Crippen molar-refractivity contribution in [2.45, 2.75) is 57.8 Å². The molecule has 0 aromatic carbocycles. The van der Waals surface area contributed by atoms with E-state index in [0.717, 1.165) is 23.4 Å². The predicted molar refractivity (Wildman–Crippen MR) is 84.5 cm³/mol. The molecule has 4 bridgehead atoms. The van der Waals surface area contributed by atoms with Crippen LogP contribution in [0.3, 0.4) is 0 Å². The molecule has 4 aliphatic rings. The first kappa shape index (κ1) is 12.3. The largest absolute Gasteiger partial charge is 0.301 e. The molecule has 4 fully saturated rings. The molecule has 0 aliphatic heterocycles. The maximum Gasteiger partial charge on any atom is 0.137 e. The van der Waals surface area contributed by atoms with E-state index in [1.54, 1.807) is 0 Å². The van der Waals surface area contributed by atoms with E-state index in [2.05, 4.69) is 36.6 Å². The van der Waals surface area contributed by atoms with Gasteiger partial charge in [0.25, 0.3) is 0 Å². The van der Waals surface area contributed by atoms with Crippen molar-refractivity contribution in [3.63, 3.8) is 0 Å². The molecule has 0 saturated heterocycles. The molecule has 2 aromatic rings. The van der Waals surface area contributed by atoms with Gasteiger partial charge >= 0.3 is 0 Å². The molecule has 2 heteroatoms. The summed E-state index contributed by atoms with van der Waals surface area (Å²) in [4.78, 5) is 4.76. The Hall–Kier alpha value is -1.31. The molecule has 0 radical (unpaired) electrons. The third-order valence-corrected chi connectivity index (χ3v) is 6.52. The first-order valence-electron chi connectivity index (χ1n) is 8.58. The highest BCUT2D eigenvalue weighted by molar-refractivity contribution is 5.47. The van der Waals surface area contributed by atoms with Crippen molar-refractivity contribution in [3.8, 4) is 0 Å². The Morgan fingerprint density at radius 3 is 2.24 bits per heavy atom. The van der Waals surface area contributed by atoms with Crippen LogP contribution in [0.2, 0.25) is 0 Å². The molecular formula is C19H24N2. The normalized spacial score (nSPS) is 37.5. The number of hydrogen-bond donors (Lipinski definition) is 0. The highest BCUT2D eigenvalue weighted by Gasteiger charge is 2.52. The zero-order valence-corrected chi connectivity index (χ0v) is 13.1. The number of pyridine rings is 1. The topological polar surface area (TPSA) is 17.3 Å². The molecule has 4 aliphatic carbocycles. The second-order valence-electron chi connectivity index (χ2n) is 8.21. The number of nitrogens with zero attached hydrogens (tertiary/aromatic N) is 2. The number of aryl methyl sites for hydroxylation is 2. The number of aromatic nitrogens is 2. The molecule has 0 amide bonds. The van der Waals surface area contributed by atoms with Crippen LogP contribution in [-0.4, -0.2) is 9.38 Å². The van der Waals surface area contributed by atoms with Gasteiger partial charge in [-0.15, -0.1) is 0 Å². The molecule has 2 heterocycles. The molecule has 2 nitrogen and oxygen atoms in total. The third-order valence-electron chi connectivity index (χ3n) is 6.52. The minimum absolute atomic E-state index is 0.439. The van der Waals surface area contributed by atoms with E-state index in [1.165, 1.54) is 55.5 Å². The summed E-state index contributed by atoms with van der Waals surface area (Å²) in [6.07, 6.45) is 11.0. The smallest absolute Gasteiger partial charge is 0.137 e. The van der Waals surface area contributed by atoms with Gasteiger partial charge in [-0.1, -0.05) is 0 Å². The maximum atomic E-state index is 4.76. The molecule has 4 saturated carbocycles. The summed E-state index contributed by atoms with van der Waals surface area (Å²) in [5.74, 6) is 2.98. The van der Waals surface area contributed by atoms with Crippen molar-refractivity contribution in [1.82, 2.24) is 9.38 Å². The fourth-order valence-corrected chi connectivity index (χ4v) is 6.28. The summed E-state index contributed by atoms with van der Waals surface area (Å²) in [5, 5.41) is 0. The first-order chi connectivity index (χ1) is 10.1. The molecular weight excluding hydrogens is 256 g/mol. The van der Waals surface area contributed by atoms with Crippen LogP contribution < -0.4 is 0 Å². The second kappa shape index (κ2) is 3.91. The quantitative estimate of drug-likeness (QED) is 0.756. The SMILES string of the molecule is Cc1cc(C)n2c(C34CC5CC(CC(C5)C3)C4)cnc2c1. The van der Waals surface area contributed by atoms with Crippen LogP contribution in [-0.2, 0) is 5.41 Å². The first-order valence-corrected chi connectivity index (χ1v) is 8.58. The van der Waals surface area contributed by atoms with Gasteiger partial charge in [-0.2, -0.15) is 0 Å². The summed E-state index contributed by atoms with van der Waals surface area (Å²) >= 11 is 0. The van der Waals surface area contributed by atoms with Gasteiger partial charge in [0.2, 0.25) is 0 Å². The summed E-state index contributed by atoms with van der Waals surface area (Å²) in [5.41, 5.74) is 5.79. The Balaban J connectivity index is 1.71. The number of hydrogen-bond acceptors (Lipinski definition) is 1. The van der Waals surface area contributed by atoms with Crippen LogP contribution in [0.5, 0.6) is 0 Å². The van der Waals surface area contributed by atoms with E-state index in [4.69, 9.17) is 4.98 Å². The fraction of sp³-hybridized carbons (Fsp3) is 0.632. The zero-order valence-electron chi connectivity index (χ0n) is 13.1. The van der Waals surface area contributed by atoms with Crippen molar-refractivity contribution >= 4 is 5.65 Å². The van der Waals surface area contributed by atoms with Crippen LogP contribution in [0.4, 0.5) is 0 Å². The van der Waals surface area contributed by atoms with Gasteiger partial charge in [-0.05, 0) is 87.8 Å². The molecule has 0 unspecified atom stereocenters. The van der Waals surface area contributed by atoms with Gasteiger partial charge in [-0.25, -0.2) is 4.98 Å². The van der Waals surface area contributed by atoms with E-state index in [-0.39, 0.29) is 0 Å². The van der Waals surface area contributed by atoms with E-state index in [9.17, 15) is 0 Å². The van der Waals surface area contributed by atoms with Gasteiger partial charge < -0.3 is 4.40 Å². The standard InChI is InChI=1S/C19H24N2/c1-12-3-13(2)21-17(11-20-18(21)4-12)19-8-14-5-15(9-19)7-16(6-14)10-19/h3-4,11,14-16H,5-10H2,1-2H3. The highest BCUT2D eigenvalue weighted by atomic mass is 15.0. The zero-order chi connectivity index (χ0) is 14.2. The predicted octanol–water partition coefficient (Wildman–Crippen LogP) is 4.42. The van der Waals surface area contributed by atoms with Crippen LogP contribution >= 0.6 is 0 Å². The van der Waals surface area contributed by atoms with Crippen molar-refractivity contribution in [3.05, 3.63) is 35.3 Å². The van der Waals surface area contributed by atoms with Crippen LogP contribution in [0.15, 0.2) is 18.3 Å². The van der Waals surface area contributed by atoms with Crippen molar-refractivity contribution < 1.29 is 0 Å². The lowest BCUT2D eigenvalue weighted by atomic mass is 9.49. The molecule has 21 heavy (non-hydrogen) atoms. The van der Waals surface area contributed by atoms with Crippen molar-refractivity contribution in [2.24, 2.45) is 17.8 Å².